The van der Waals surface area contributed by atoms with Crippen molar-refractivity contribution in [2.24, 2.45) is 0 Å². The Morgan fingerprint density at radius 1 is 1.82 bits per heavy atom. The van der Waals surface area contributed by atoms with Crippen LogP contribution in [0.3, 0.4) is 0 Å². The molecule has 11 heavy (non-hydrogen) atoms. The molecule has 1 aromatic carbocycles. The third kappa shape index (κ3) is 1.75. The second-order valence-electron chi connectivity index (χ2n) is 1.59. The maximum absolute atomic E-state index is 10.6. The van der Waals surface area contributed by atoms with E-state index in [0.29, 0.717) is 0 Å². The van der Waals surface area contributed by atoms with E-state index in [9.17, 15) is 10.1 Å². The smallest absolute Gasteiger partial charge is 0.269 e. The third-order valence-electron chi connectivity index (χ3n) is 0.906. The molecule has 1 aromatic rings. The molecule has 1 rings (SSSR count). The molecular weight excluding hydrogens is 146 g/mol. The van der Waals surface area contributed by atoms with Gasteiger partial charge in [-0.05, 0) is 5.56 Å². The fourth-order valence-corrected chi connectivity index (χ4v) is 0.481. The maximum Gasteiger partial charge on any atom is 0.269 e. The lowest BCUT2D eigenvalue weighted by molar-refractivity contribution is -0.384. The Labute approximate surface area is 71.7 Å². The van der Waals surface area contributed by atoms with Crippen LogP contribution in [0.15, 0.2) is 24.2 Å². The summed E-state index contributed by atoms with van der Waals surface area (Å²) in [5.74, 6) is 0. The summed E-state index contributed by atoms with van der Waals surface area (Å²) in [6.45, 7) is -3.15. The zero-order chi connectivity index (χ0) is 13.5. The SMILES string of the molecule is [2H]c1c([2H])c([N+](=O)[O-])c([2H])c(C([2H])([2H])O)c1[2H]. The van der Waals surface area contributed by atoms with E-state index in [1.54, 1.807) is 0 Å². The average molecular weight is 159 g/mol. The molecule has 58 valence electrons. The van der Waals surface area contributed by atoms with Crippen LogP contribution in [0.25, 0.3) is 0 Å². The largest absolute Gasteiger partial charge is 0.392 e. The normalized spacial score (nSPS) is 18.6. The second kappa shape index (κ2) is 3.12. The van der Waals surface area contributed by atoms with E-state index in [-0.39, 0.29) is 0 Å². The Bertz CT molecular complexity index is 498. The molecule has 0 aliphatic heterocycles. The molecule has 0 radical (unpaired) electrons. The van der Waals surface area contributed by atoms with Crippen LogP contribution >= 0.6 is 0 Å². The molecule has 0 saturated carbocycles. The lowest BCUT2D eigenvalue weighted by Gasteiger charge is -1.93. The Balaban J connectivity index is 3.81. The molecule has 0 saturated heterocycles. The van der Waals surface area contributed by atoms with Gasteiger partial charge in [0.15, 0.2) is 0 Å². The van der Waals surface area contributed by atoms with Crippen LogP contribution in [0.5, 0.6) is 0 Å². The molecule has 0 aliphatic carbocycles. The molecule has 4 nitrogen and oxygen atoms in total. The predicted molar refractivity (Wildman–Crippen MR) is 39.0 cm³/mol. The van der Waals surface area contributed by atoms with Gasteiger partial charge in [-0.15, -0.1) is 0 Å². The van der Waals surface area contributed by atoms with Gasteiger partial charge < -0.3 is 5.11 Å². The van der Waals surface area contributed by atoms with Crippen molar-refractivity contribution in [1.82, 2.24) is 0 Å². The number of benzene rings is 1. The first-order chi connectivity index (χ1) is 7.59. The fraction of sp³-hybridized carbons (Fsp3) is 0.143. The quantitative estimate of drug-likeness (QED) is 0.519. The van der Waals surface area contributed by atoms with Gasteiger partial charge in [0.05, 0.1) is 19.7 Å². The summed E-state index contributed by atoms with van der Waals surface area (Å²) in [4.78, 5) is 9.49. The van der Waals surface area contributed by atoms with Crippen molar-refractivity contribution in [2.45, 2.75) is 6.56 Å². The van der Waals surface area contributed by atoms with Crippen LogP contribution in [0.2, 0.25) is 0 Å². The van der Waals surface area contributed by atoms with Crippen LogP contribution in [0.4, 0.5) is 5.69 Å². The van der Waals surface area contributed by atoms with Gasteiger partial charge in [-0.2, -0.15) is 0 Å². The van der Waals surface area contributed by atoms with Crippen LogP contribution in [0.1, 0.15) is 13.8 Å². The standard InChI is InChI=1S/C7H7NO3/c9-5-6-2-1-3-7(4-6)8(10)11/h1-4,9H,5H2/i1D,2D,3D,4D,5D2. The number of aliphatic hydroxyl groups is 1. The summed E-state index contributed by atoms with van der Waals surface area (Å²) in [5, 5.41) is 19.7. The minimum absolute atomic E-state index is 0.902. The number of hydrogen-bond donors (Lipinski definition) is 1. The third-order valence-corrected chi connectivity index (χ3v) is 0.906. The highest BCUT2D eigenvalue weighted by Gasteiger charge is 2.03. The highest BCUT2D eigenvalue weighted by Crippen LogP contribution is 2.12. The first-order valence-corrected chi connectivity index (χ1v) is 2.56. The van der Waals surface area contributed by atoms with Gasteiger partial charge in [0.2, 0.25) is 0 Å². The minimum atomic E-state index is -3.15. The van der Waals surface area contributed by atoms with Crippen molar-refractivity contribution >= 4 is 5.69 Å². The topological polar surface area (TPSA) is 63.4 Å². The van der Waals surface area contributed by atoms with E-state index in [0.717, 1.165) is 0 Å². The highest BCUT2D eigenvalue weighted by atomic mass is 16.6. The van der Waals surface area contributed by atoms with Crippen LogP contribution in [-0.4, -0.2) is 10.0 Å². The monoisotopic (exact) mass is 159 g/mol. The van der Waals surface area contributed by atoms with Crippen molar-refractivity contribution in [2.75, 3.05) is 0 Å². The molecule has 0 unspecified atom stereocenters. The number of nitrogens with zero attached hydrogens (tertiary/aromatic N) is 1. The highest BCUT2D eigenvalue weighted by molar-refractivity contribution is 5.33. The van der Waals surface area contributed by atoms with Crippen LogP contribution in [-0.2, 0) is 6.56 Å². The molecule has 0 bridgehead atoms. The summed E-state index contributed by atoms with van der Waals surface area (Å²) >= 11 is 0. The Morgan fingerprint density at radius 3 is 3.09 bits per heavy atom. The van der Waals surface area contributed by atoms with Crippen molar-refractivity contribution in [3.05, 3.63) is 39.8 Å². The summed E-state index contributed by atoms with van der Waals surface area (Å²) in [5.41, 5.74) is -2.08. The second-order valence-corrected chi connectivity index (χ2v) is 1.59. The van der Waals surface area contributed by atoms with Gasteiger partial charge in [-0.3, -0.25) is 10.1 Å². The average Bonchev–Trinajstić information content (AvgIpc) is 2.11. The van der Waals surface area contributed by atoms with E-state index in [1.807, 2.05) is 0 Å². The number of rotatable bonds is 2. The Hall–Kier alpha value is -1.42. The molecule has 0 atom stereocenters. The maximum atomic E-state index is 10.6. The lowest BCUT2D eigenvalue weighted by atomic mass is 10.2. The molecule has 0 heterocycles. The van der Waals surface area contributed by atoms with Gasteiger partial charge in [0.1, 0.15) is 0 Å². The van der Waals surface area contributed by atoms with E-state index in [2.05, 4.69) is 0 Å². The molecule has 4 heteroatoms. The van der Waals surface area contributed by atoms with Crippen LogP contribution in [0, 0.1) is 10.1 Å². The van der Waals surface area contributed by atoms with Crippen molar-refractivity contribution in [1.29, 1.82) is 0 Å². The number of nitro benzene ring substituents is 1. The molecule has 0 amide bonds. The summed E-state index contributed by atoms with van der Waals surface area (Å²) in [6.07, 6.45) is 0. The number of nitro groups is 1. The summed E-state index contributed by atoms with van der Waals surface area (Å²) in [6, 6.07) is -3.81. The van der Waals surface area contributed by atoms with Crippen molar-refractivity contribution < 1.29 is 18.3 Å². The molecule has 0 spiro atoms. The van der Waals surface area contributed by atoms with Crippen molar-refractivity contribution in [3.63, 3.8) is 0 Å². The van der Waals surface area contributed by atoms with Gasteiger partial charge >= 0.3 is 0 Å². The van der Waals surface area contributed by atoms with E-state index in [4.69, 9.17) is 13.3 Å². The molecule has 0 aromatic heterocycles. The van der Waals surface area contributed by atoms with Crippen molar-refractivity contribution in [3.8, 4) is 0 Å². The Morgan fingerprint density at radius 2 is 2.55 bits per heavy atom. The van der Waals surface area contributed by atoms with Gasteiger partial charge in [-0.1, -0.05) is 12.1 Å². The molecule has 0 aliphatic rings. The molecule has 1 N–H and O–H groups in total. The first kappa shape index (κ1) is 2.91. The van der Waals surface area contributed by atoms with Gasteiger partial charge in [-0.25, -0.2) is 0 Å². The summed E-state index contributed by atoms with van der Waals surface area (Å²) in [7, 11) is 0. The lowest BCUT2D eigenvalue weighted by Crippen LogP contribution is -1.89. The van der Waals surface area contributed by atoms with Crippen LogP contribution < -0.4 is 0 Å². The zero-order valence-corrected chi connectivity index (χ0v) is 5.21. The number of hydrogen-bond acceptors (Lipinski definition) is 3. The van der Waals surface area contributed by atoms with Gasteiger partial charge in [0.25, 0.3) is 5.69 Å². The summed E-state index contributed by atoms with van der Waals surface area (Å²) < 4.78 is 43.1. The van der Waals surface area contributed by atoms with E-state index >= 15 is 0 Å². The first-order valence-electron chi connectivity index (χ1n) is 5.56. The molecule has 0 fully saturated rings. The fourth-order valence-electron chi connectivity index (χ4n) is 0.481. The minimum Gasteiger partial charge on any atom is -0.392 e. The predicted octanol–water partition coefficient (Wildman–Crippen LogP) is 1.09. The molecular formula is C7H7NO3. The Kier molecular flexibility index (Phi) is 0.823. The van der Waals surface area contributed by atoms with E-state index < -0.39 is 46.9 Å². The zero-order valence-electron chi connectivity index (χ0n) is 11.2. The van der Waals surface area contributed by atoms with E-state index in [1.165, 1.54) is 0 Å². The van der Waals surface area contributed by atoms with Gasteiger partial charge in [0, 0.05) is 12.1 Å².